The number of hydrogen-bond donors (Lipinski definition) is 1. The molecule has 5 rings (SSSR count). The SMILES string of the molecule is COC(=O)C1(Cc2ccc(Cl)cc2)CCN(CCOc2cccc(Nc3cc(C)nc4ccccc34)c2)CC1. The Hall–Kier alpha value is -3.61. The first-order valence-corrected chi connectivity index (χ1v) is 13.7. The van der Waals surface area contributed by atoms with Crippen LogP contribution in [0.1, 0.15) is 24.1 Å². The summed E-state index contributed by atoms with van der Waals surface area (Å²) in [7, 11) is 1.48. The molecule has 4 aromatic rings. The molecule has 0 atom stereocenters. The number of nitrogens with one attached hydrogen (secondary N) is 1. The zero-order valence-electron chi connectivity index (χ0n) is 22.5. The van der Waals surface area contributed by atoms with Gasteiger partial charge in [0, 0.05) is 40.1 Å². The molecule has 1 aliphatic rings. The van der Waals surface area contributed by atoms with Gasteiger partial charge in [-0.2, -0.15) is 0 Å². The molecule has 6 nitrogen and oxygen atoms in total. The summed E-state index contributed by atoms with van der Waals surface area (Å²) in [6, 6.07) is 26.0. The summed E-state index contributed by atoms with van der Waals surface area (Å²) in [5.74, 6) is 0.688. The number of para-hydroxylation sites is 1. The Morgan fingerprint density at radius 2 is 1.79 bits per heavy atom. The number of hydrogen-bond acceptors (Lipinski definition) is 6. The Labute approximate surface area is 234 Å². The Morgan fingerprint density at radius 3 is 2.56 bits per heavy atom. The highest BCUT2D eigenvalue weighted by molar-refractivity contribution is 6.30. The molecule has 1 aliphatic heterocycles. The van der Waals surface area contributed by atoms with Crippen LogP contribution < -0.4 is 10.1 Å². The first-order valence-electron chi connectivity index (χ1n) is 13.4. The van der Waals surface area contributed by atoms with Crippen LogP contribution in [0.25, 0.3) is 10.9 Å². The number of methoxy groups -OCH3 is 1. The van der Waals surface area contributed by atoms with Crippen molar-refractivity contribution in [2.24, 2.45) is 5.41 Å². The van der Waals surface area contributed by atoms with E-state index in [1.54, 1.807) is 0 Å². The van der Waals surface area contributed by atoms with E-state index in [0.29, 0.717) is 18.1 Å². The summed E-state index contributed by atoms with van der Waals surface area (Å²) in [6.07, 6.45) is 2.16. The van der Waals surface area contributed by atoms with Crippen molar-refractivity contribution in [1.29, 1.82) is 0 Å². The smallest absolute Gasteiger partial charge is 0.312 e. The number of pyridine rings is 1. The molecule has 1 fully saturated rings. The zero-order valence-corrected chi connectivity index (χ0v) is 23.2. The van der Waals surface area contributed by atoms with E-state index in [9.17, 15) is 4.79 Å². The number of benzene rings is 3. The fraction of sp³-hybridized carbons (Fsp3) is 0.312. The largest absolute Gasteiger partial charge is 0.492 e. The van der Waals surface area contributed by atoms with Gasteiger partial charge in [-0.05, 0) is 81.2 Å². The van der Waals surface area contributed by atoms with E-state index >= 15 is 0 Å². The van der Waals surface area contributed by atoms with Crippen LogP contribution in [0.15, 0.2) is 78.9 Å². The predicted molar refractivity (Wildman–Crippen MR) is 157 cm³/mol. The van der Waals surface area contributed by atoms with Gasteiger partial charge in [0.05, 0.1) is 18.0 Å². The van der Waals surface area contributed by atoms with Crippen molar-refractivity contribution in [3.8, 4) is 5.75 Å². The number of fused-ring (bicyclic) bond motifs is 1. The lowest BCUT2D eigenvalue weighted by Crippen LogP contribution is -2.47. The second-order valence-corrected chi connectivity index (χ2v) is 10.7. The number of ether oxygens (including phenoxy) is 2. The van der Waals surface area contributed by atoms with Gasteiger partial charge in [0.15, 0.2) is 0 Å². The minimum atomic E-state index is -0.505. The normalized spacial score (nSPS) is 15.2. The fourth-order valence-corrected chi connectivity index (χ4v) is 5.52. The Kier molecular flexibility index (Phi) is 8.34. The van der Waals surface area contributed by atoms with Gasteiger partial charge in [-0.25, -0.2) is 0 Å². The van der Waals surface area contributed by atoms with E-state index in [1.807, 2.05) is 73.7 Å². The third-order valence-corrected chi connectivity index (χ3v) is 7.77. The van der Waals surface area contributed by atoms with Crippen molar-refractivity contribution in [2.75, 3.05) is 38.7 Å². The predicted octanol–water partition coefficient (Wildman–Crippen LogP) is 6.82. The number of anilines is 2. The highest BCUT2D eigenvalue weighted by Crippen LogP contribution is 2.37. The van der Waals surface area contributed by atoms with Gasteiger partial charge in [0.2, 0.25) is 0 Å². The second kappa shape index (κ2) is 12.1. The molecular weight excluding hydrogens is 510 g/mol. The maximum absolute atomic E-state index is 12.8. The highest BCUT2D eigenvalue weighted by Gasteiger charge is 2.42. The zero-order chi connectivity index (χ0) is 27.2. The van der Waals surface area contributed by atoms with Gasteiger partial charge in [-0.1, -0.05) is 48.0 Å². The van der Waals surface area contributed by atoms with E-state index in [1.165, 1.54) is 7.11 Å². The molecule has 0 bridgehead atoms. The average Bonchev–Trinajstić information content (AvgIpc) is 2.95. The van der Waals surface area contributed by atoms with E-state index in [2.05, 4.69) is 27.3 Å². The summed E-state index contributed by atoms with van der Waals surface area (Å²) in [5.41, 5.74) is 4.52. The van der Waals surface area contributed by atoms with Gasteiger partial charge in [-0.3, -0.25) is 14.7 Å². The topological polar surface area (TPSA) is 63.7 Å². The van der Waals surface area contributed by atoms with Gasteiger partial charge < -0.3 is 14.8 Å². The van der Waals surface area contributed by atoms with Gasteiger partial charge in [0.25, 0.3) is 0 Å². The van der Waals surface area contributed by atoms with Crippen molar-refractivity contribution in [2.45, 2.75) is 26.2 Å². The Balaban J connectivity index is 1.16. The Morgan fingerprint density at radius 1 is 1.03 bits per heavy atom. The summed E-state index contributed by atoms with van der Waals surface area (Å²) < 4.78 is 11.4. The number of piperidine rings is 1. The quantitative estimate of drug-likeness (QED) is 0.234. The van der Waals surface area contributed by atoms with Crippen molar-refractivity contribution in [3.63, 3.8) is 0 Å². The molecule has 202 valence electrons. The average molecular weight is 544 g/mol. The number of carbonyl (C=O) groups is 1. The second-order valence-electron chi connectivity index (χ2n) is 10.2. The number of esters is 1. The number of halogens is 1. The van der Waals surface area contributed by atoms with Crippen LogP contribution in [0.4, 0.5) is 11.4 Å². The highest BCUT2D eigenvalue weighted by atomic mass is 35.5. The number of nitrogens with zero attached hydrogens (tertiary/aromatic N) is 2. The lowest BCUT2D eigenvalue weighted by Gasteiger charge is -2.39. The molecule has 1 N–H and O–H groups in total. The van der Waals surface area contributed by atoms with Crippen LogP contribution in [0.2, 0.25) is 5.02 Å². The van der Waals surface area contributed by atoms with Crippen molar-refractivity contribution >= 4 is 39.8 Å². The van der Waals surface area contributed by atoms with Crippen LogP contribution in [0.5, 0.6) is 5.75 Å². The molecule has 0 saturated carbocycles. The minimum absolute atomic E-state index is 0.130. The number of carbonyl (C=O) groups excluding carboxylic acids is 1. The molecule has 0 spiro atoms. The van der Waals surface area contributed by atoms with Crippen molar-refractivity contribution in [3.05, 3.63) is 95.1 Å². The molecule has 2 heterocycles. The Bertz CT molecular complexity index is 1430. The summed E-state index contributed by atoms with van der Waals surface area (Å²) in [5, 5.41) is 5.31. The lowest BCUT2D eigenvalue weighted by atomic mass is 9.73. The minimum Gasteiger partial charge on any atom is -0.492 e. The van der Waals surface area contributed by atoms with Crippen LogP contribution >= 0.6 is 11.6 Å². The molecule has 0 radical (unpaired) electrons. The van der Waals surface area contributed by atoms with E-state index in [0.717, 1.165) is 71.8 Å². The van der Waals surface area contributed by atoms with Gasteiger partial charge in [0.1, 0.15) is 12.4 Å². The number of rotatable bonds is 9. The number of likely N-dealkylation sites (tertiary alicyclic amines) is 1. The molecule has 7 heteroatoms. The van der Waals surface area contributed by atoms with Crippen LogP contribution in [-0.2, 0) is 16.0 Å². The van der Waals surface area contributed by atoms with Crippen LogP contribution in [0, 0.1) is 12.3 Å². The molecule has 0 unspecified atom stereocenters. The summed E-state index contributed by atoms with van der Waals surface area (Å²) in [4.78, 5) is 19.8. The standard InChI is InChI=1S/C32H34ClN3O3/c1-23-20-30(28-8-3-4-9-29(28)34-23)35-26-6-5-7-27(21-26)39-19-18-36-16-14-32(15-17-36,31(37)38-2)22-24-10-12-25(33)13-11-24/h3-13,20-21H,14-19,22H2,1-2H3,(H,34,35). The fourth-order valence-electron chi connectivity index (χ4n) is 5.39. The lowest BCUT2D eigenvalue weighted by molar-refractivity contribution is -0.156. The summed E-state index contributed by atoms with van der Waals surface area (Å²) >= 11 is 6.05. The van der Waals surface area contributed by atoms with E-state index < -0.39 is 5.41 Å². The molecule has 39 heavy (non-hydrogen) atoms. The molecular formula is C32H34ClN3O3. The molecule has 1 saturated heterocycles. The van der Waals surface area contributed by atoms with E-state index in [4.69, 9.17) is 21.1 Å². The van der Waals surface area contributed by atoms with E-state index in [-0.39, 0.29) is 5.97 Å². The van der Waals surface area contributed by atoms with Crippen molar-refractivity contribution in [1.82, 2.24) is 9.88 Å². The molecule has 3 aromatic carbocycles. The van der Waals surface area contributed by atoms with Gasteiger partial charge >= 0.3 is 5.97 Å². The molecule has 0 amide bonds. The van der Waals surface area contributed by atoms with Crippen LogP contribution in [0.3, 0.4) is 0 Å². The van der Waals surface area contributed by atoms with Crippen molar-refractivity contribution < 1.29 is 14.3 Å². The number of aryl methyl sites for hydroxylation is 1. The first-order chi connectivity index (χ1) is 18.9. The van der Waals surface area contributed by atoms with Gasteiger partial charge in [-0.15, -0.1) is 0 Å². The number of aromatic nitrogens is 1. The third-order valence-electron chi connectivity index (χ3n) is 7.52. The van der Waals surface area contributed by atoms with Crippen LogP contribution in [-0.4, -0.2) is 49.2 Å². The maximum Gasteiger partial charge on any atom is 0.312 e. The first kappa shape index (κ1) is 27.0. The third kappa shape index (κ3) is 6.52. The molecule has 1 aromatic heterocycles. The summed E-state index contributed by atoms with van der Waals surface area (Å²) in [6.45, 7) is 5.02. The maximum atomic E-state index is 12.8. The monoisotopic (exact) mass is 543 g/mol. The molecule has 0 aliphatic carbocycles.